The van der Waals surface area contributed by atoms with Crippen LogP contribution in [0.4, 0.5) is 0 Å². The molecular weight excluding hydrogens is 256 g/mol. The summed E-state index contributed by atoms with van der Waals surface area (Å²) < 4.78 is 0. The molecule has 5 nitrogen and oxygen atoms in total. The van der Waals surface area contributed by atoms with E-state index in [-0.39, 0.29) is 5.91 Å². The van der Waals surface area contributed by atoms with Crippen LogP contribution in [0.5, 0.6) is 0 Å². The Balaban J connectivity index is 1.87. The van der Waals surface area contributed by atoms with E-state index in [2.05, 4.69) is 4.90 Å². The number of nitrogens with zero attached hydrogens (tertiary/aromatic N) is 2. The predicted octanol–water partition coefficient (Wildman–Crippen LogP) is 1.21. The van der Waals surface area contributed by atoms with Gasteiger partial charge in [0.05, 0.1) is 11.8 Å². The van der Waals surface area contributed by atoms with Crippen LogP contribution in [0.3, 0.4) is 0 Å². The van der Waals surface area contributed by atoms with Gasteiger partial charge in [-0.25, -0.2) is 0 Å². The molecule has 0 unspecified atom stereocenters. The number of likely N-dealkylation sites (N-methyl/N-ethyl adjacent to an activating group) is 1. The van der Waals surface area contributed by atoms with Gasteiger partial charge >= 0.3 is 5.97 Å². The molecule has 2 rings (SSSR count). The van der Waals surface area contributed by atoms with E-state index < -0.39 is 17.8 Å². The molecule has 1 aliphatic heterocycles. The Bertz CT molecular complexity index is 389. The van der Waals surface area contributed by atoms with E-state index >= 15 is 0 Å². The molecule has 1 amide bonds. The van der Waals surface area contributed by atoms with Crippen molar-refractivity contribution in [1.82, 2.24) is 9.80 Å². The van der Waals surface area contributed by atoms with Crippen molar-refractivity contribution in [2.45, 2.75) is 25.7 Å². The van der Waals surface area contributed by atoms with Crippen LogP contribution in [0.1, 0.15) is 25.7 Å². The maximum Gasteiger partial charge on any atom is 0.307 e. The van der Waals surface area contributed by atoms with Crippen molar-refractivity contribution in [2.75, 3.05) is 33.2 Å². The second kappa shape index (κ2) is 6.88. The third-order valence-corrected chi connectivity index (χ3v) is 4.39. The molecule has 1 fully saturated rings. The first kappa shape index (κ1) is 15.0. The zero-order valence-electron chi connectivity index (χ0n) is 12.1. The number of carbonyl (C=O) groups is 2. The van der Waals surface area contributed by atoms with Crippen LogP contribution in [0.2, 0.25) is 0 Å². The summed E-state index contributed by atoms with van der Waals surface area (Å²) in [5.41, 5.74) is 0. The Hall–Kier alpha value is -1.36. The molecule has 20 heavy (non-hydrogen) atoms. The van der Waals surface area contributed by atoms with Crippen LogP contribution < -0.4 is 0 Å². The molecular formula is C15H24N2O3. The smallest absolute Gasteiger partial charge is 0.307 e. The highest BCUT2D eigenvalue weighted by molar-refractivity contribution is 5.85. The highest BCUT2D eigenvalue weighted by Crippen LogP contribution is 2.27. The molecule has 0 saturated carbocycles. The molecule has 2 aliphatic rings. The van der Waals surface area contributed by atoms with Gasteiger partial charge in [0.25, 0.3) is 0 Å². The van der Waals surface area contributed by atoms with Gasteiger partial charge in [0.15, 0.2) is 0 Å². The minimum atomic E-state index is -0.861. The van der Waals surface area contributed by atoms with Crippen molar-refractivity contribution in [3.63, 3.8) is 0 Å². The van der Waals surface area contributed by atoms with E-state index in [1.807, 2.05) is 12.2 Å². The van der Waals surface area contributed by atoms with Gasteiger partial charge in [-0.1, -0.05) is 12.2 Å². The Morgan fingerprint density at radius 1 is 1.20 bits per heavy atom. The summed E-state index contributed by atoms with van der Waals surface area (Å²) in [6.07, 6.45) is 7.29. The minimum absolute atomic E-state index is 0.0269. The second-order valence-electron chi connectivity index (χ2n) is 5.80. The van der Waals surface area contributed by atoms with E-state index in [1.165, 1.54) is 12.8 Å². The van der Waals surface area contributed by atoms with Crippen molar-refractivity contribution >= 4 is 11.9 Å². The van der Waals surface area contributed by atoms with Crippen LogP contribution in [-0.4, -0.2) is 60.0 Å². The molecule has 0 radical (unpaired) electrons. The van der Waals surface area contributed by atoms with E-state index in [4.69, 9.17) is 0 Å². The van der Waals surface area contributed by atoms with Gasteiger partial charge in [-0.3, -0.25) is 9.59 Å². The van der Waals surface area contributed by atoms with Crippen LogP contribution in [-0.2, 0) is 9.59 Å². The van der Waals surface area contributed by atoms with Gasteiger partial charge in [-0.05, 0) is 38.8 Å². The molecule has 1 heterocycles. The summed E-state index contributed by atoms with van der Waals surface area (Å²) in [4.78, 5) is 27.7. The van der Waals surface area contributed by atoms with E-state index in [9.17, 15) is 14.7 Å². The zero-order valence-corrected chi connectivity index (χ0v) is 12.1. The Morgan fingerprint density at radius 2 is 1.80 bits per heavy atom. The van der Waals surface area contributed by atoms with Gasteiger partial charge in [0, 0.05) is 20.1 Å². The zero-order chi connectivity index (χ0) is 14.5. The highest BCUT2D eigenvalue weighted by Gasteiger charge is 2.35. The summed E-state index contributed by atoms with van der Waals surface area (Å²) in [6, 6.07) is 0. The summed E-state index contributed by atoms with van der Waals surface area (Å²) in [5.74, 6) is -1.86. The standard InChI is InChI=1S/C15H24N2O3/c1-16(10-11-17-8-4-5-9-17)14(18)12-6-2-3-7-13(12)15(19)20/h2-3,12-13H,4-11H2,1H3,(H,19,20)/t12-,13+/m1/s1. The van der Waals surface area contributed by atoms with Crippen molar-refractivity contribution < 1.29 is 14.7 Å². The first-order chi connectivity index (χ1) is 9.59. The Morgan fingerprint density at radius 3 is 2.40 bits per heavy atom. The number of allylic oxidation sites excluding steroid dienone is 2. The van der Waals surface area contributed by atoms with Gasteiger partial charge in [-0.2, -0.15) is 0 Å². The monoisotopic (exact) mass is 280 g/mol. The molecule has 112 valence electrons. The molecule has 5 heteroatoms. The fourth-order valence-corrected chi connectivity index (χ4v) is 3.05. The number of carboxylic acids is 1. The van der Waals surface area contributed by atoms with Gasteiger partial charge in [0.1, 0.15) is 0 Å². The Kier molecular flexibility index (Phi) is 5.17. The van der Waals surface area contributed by atoms with Crippen molar-refractivity contribution in [3.8, 4) is 0 Å². The van der Waals surface area contributed by atoms with E-state index in [1.54, 1.807) is 11.9 Å². The molecule has 1 saturated heterocycles. The maximum atomic E-state index is 12.4. The third kappa shape index (κ3) is 3.60. The van der Waals surface area contributed by atoms with Crippen molar-refractivity contribution in [2.24, 2.45) is 11.8 Å². The summed E-state index contributed by atoms with van der Waals surface area (Å²) >= 11 is 0. The topological polar surface area (TPSA) is 60.9 Å². The fraction of sp³-hybridized carbons (Fsp3) is 0.733. The van der Waals surface area contributed by atoms with Crippen LogP contribution >= 0.6 is 0 Å². The van der Waals surface area contributed by atoms with Crippen LogP contribution in [0.25, 0.3) is 0 Å². The first-order valence-electron chi connectivity index (χ1n) is 7.44. The lowest BCUT2D eigenvalue weighted by Crippen LogP contribution is -2.42. The van der Waals surface area contributed by atoms with Crippen LogP contribution in [0.15, 0.2) is 12.2 Å². The van der Waals surface area contributed by atoms with Crippen LogP contribution in [0, 0.1) is 11.8 Å². The molecule has 1 N–H and O–H groups in total. The number of hydrogen-bond acceptors (Lipinski definition) is 3. The summed E-state index contributed by atoms with van der Waals surface area (Å²) in [6.45, 7) is 3.81. The van der Waals surface area contributed by atoms with Gasteiger partial charge in [-0.15, -0.1) is 0 Å². The third-order valence-electron chi connectivity index (χ3n) is 4.39. The molecule has 0 bridgehead atoms. The van der Waals surface area contributed by atoms with Gasteiger partial charge in [0.2, 0.25) is 5.91 Å². The average Bonchev–Trinajstić information content (AvgIpc) is 2.97. The molecule has 0 spiro atoms. The van der Waals surface area contributed by atoms with Crippen molar-refractivity contribution in [1.29, 1.82) is 0 Å². The summed E-state index contributed by atoms with van der Waals surface area (Å²) in [7, 11) is 1.79. The summed E-state index contributed by atoms with van der Waals surface area (Å²) in [5, 5.41) is 9.23. The first-order valence-corrected chi connectivity index (χ1v) is 7.44. The molecule has 1 aliphatic carbocycles. The lowest BCUT2D eigenvalue weighted by Gasteiger charge is -2.29. The van der Waals surface area contributed by atoms with Gasteiger partial charge < -0.3 is 14.9 Å². The molecule has 2 atom stereocenters. The quantitative estimate of drug-likeness (QED) is 0.769. The fourth-order valence-electron chi connectivity index (χ4n) is 3.05. The number of aliphatic carboxylic acids is 1. The number of likely N-dealkylation sites (tertiary alicyclic amines) is 1. The molecule has 0 aromatic heterocycles. The predicted molar refractivity (Wildman–Crippen MR) is 76.3 cm³/mol. The average molecular weight is 280 g/mol. The highest BCUT2D eigenvalue weighted by atomic mass is 16.4. The molecule has 0 aromatic rings. The maximum absolute atomic E-state index is 12.4. The van der Waals surface area contributed by atoms with E-state index in [0.717, 1.165) is 19.6 Å². The number of amides is 1. The van der Waals surface area contributed by atoms with Crippen molar-refractivity contribution in [3.05, 3.63) is 12.2 Å². The lowest BCUT2D eigenvalue weighted by atomic mass is 9.82. The number of carbonyl (C=O) groups excluding carboxylic acids is 1. The molecule has 0 aromatic carbocycles. The second-order valence-corrected chi connectivity index (χ2v) is 5.80. The number of carboxylic acid groups (broad SMARTS) is 1. The Labute approximate surface area is 120 Å². The number of hydrogen-bond donors (Lipinski definition) is 1. The lowest BCUT2D eigenvalue weighted by molar-refractivity contribution is -0.150. The number of rotatable bonds is 5. The normalized spacial score (nSPS) is 26.6. The SMILES string of the molecule is CN(CCN1CCCC1)C(=O)[C@@H]1CC=CC[C@@H]1C(=O)O. The minimum Gasteiger partial charge on any atom is -0.481 e. The largest absolute Gasteiger partial charge is 0.481 e. The van der Waals surface area contributed by atoms with E-state index in [0.29, 0.717) is 19.4 Å².